The van der Waals surface area contributed by atoms with Crippen LogP contribution in [0, 0.1) is 6.92 Å². The van der Waals surface area contributed by atoms with Gasteiger partial charge in [-0.3, -0.25) is 4.79 Å². The van der Waals surface area contributed by atoms with E-state index in [0.717, 1.165) is 29.9 Å². The van der Waals surface area contributed by atoms with Crippen LogP contribution in [0.5, 0.6) is 11.5 Å². The van der Waals surface area contributed by atoms with E-state index in [1.807, 2.05) is 23.1 Å². The van der Waals surface area contributed by atoms with Gasteiger partial charge in [0.2, 0.25) is 5.91 Å². The number of benzene rings is 2. The Morgan fingerprint density at radius 2 is 1.68 bits per heavy atom. The van der Waals surface area contributed by atoms with Crippen molar-refractivity contribution in [1.29, 1.82) is 0 Å². The van der Waals surface area contributed by atoms with Crippen molar-refractivity contribution in [3.63, 3.8) is 0 Å². The van der Waals surface area contributed by atoms with Crippen LogP contribution in [-0.4, -0.2) is 31.1 Å². The van der Waals surface area contributed by atoms with Crippen molar-refractivity contribution < 1.29 is 14.3 Å². The molecular formula is C21H25NO3. The lowest BCUT2D eigenvalue weighted by atomic mass is 10.0. The van der Waals surface area contributed by atoms with Crippen LogP contribution in [0.3, 0.4) is 0 Å². The Hall–Kier alpha value is -2.49. The predicted molar refractivity (Wildman–Crippen MR) is 98.0 cm³/mol. The summed E-state index contributed by atoms with van der Waals surface area (Å²) in [5.74, 6) is 1.70. The van der Waals surface area contributed by atoms with Gasteiger partial charge < -0.3 is 14.4 Å². The van der Waals surface area contributed by atoms with E-state index in [0.29, 0.717) is 13.0 Å². The Kier molecular flexibility index (Phi) is 5.27. The first kappa shape index (κ1) is 17.3. The van der Waals surface area contributed by atoms with Crippen LogP contribution in [0.2, 0.25) is 0 Å². The molecule has 1 atom stereocenters. The van der Waals surface area contributed by atoms with Gasteiger partial charge in [0.1, 0.15) is 0 Å². The Bertz CT molecular complexity index is 739. The number of likely N-dealkylation sites (tertiary alicyclic amines) is 1. The Morgan fingerprint density at radius 3 is 2.36 bits per heavy atom. The Morgan fingerprint density at radius 1 is 1.00 bits per heavy atom. The standard InChI is InChI=1S/C21H25NO3/c1-15-4-6-16(7-5-15)14-22-18(9-11-21(22)23)12-17-8-10-19(24-2)20(13-17)25-3/h4-8,10,13,18H,9,11-12,14H2,1-3H3/t18-/m0/s1. The van der Waals surface area contributed by atoms with Gasteiger partial charge in [0, 0.05) is 19.0 Å². The van der Waals surface area contributed by atoms with Crippen molar-refractivity contribution in [1.82, 2.24) is 4.90 Å². The smallest absolute Gasteiger partial charge is 0.223 e. The highest BCUT2D eigenvalue weighted by atomic mass is 16.5. The number of aryl methyl sites for hydroxylation is 1. The lowest BCUT2D eigenvalue weighted by Gasteiger charge is -2.25. The van der Waals surface area contributed by atoms with E-state index in [1.54, 1.807) is 14.2 Å². The highest BCUT2D eigenvalue weighted by Gasteiger charge is 2.31. The Labute approximate surface area is 149 Å². The monoisotopic (exact) mass is 339 g/mol. The third-order valence-corrected chi connectivity index (χ3v) is 4.85. The van der Waals surface area contributed by atoms with Crippen LogP contribution < -0.4 is 9.47 Å². The highest BCUT2D eigenvalue weighted by Crippen LogP contribution is 2.30. The molecule has 25 heavy (non-hydrogen) atoms. The van der Waals surface area contributed by atoms with E-state index in [-0.39, 0.29) is 11.9 Å². The van der Waals surface area contributed by atoms with Crippen molar-refractivity contribution in [3.05, 3.63) is 59.2 Å². The first-order chi connectivity index (χ1) is 12.1. The molecule has 0 saturated carbocycles. The zero-order chi connectivity index (χ0) is 17.8. The van der Waals surface area contributed by atoms with Gasteiger partial charge in [-0.2, -0.15) is 0 Å². The van der Waals surface area contributed by atoms with Crippen molar-refractivity contribution in [2.45, 2.75) is 38.8 Å². The second-order valence-corrected chi connectivity index (χ2v) is 6.59. The lowest BCUT2D eigenvalue weighted by molar-refractivity contribution is -0.129. The molecular weight excluding hydrogens is 314 g/mol. The fourth-order valence-electron chi connectivity index (χ4n) is 3.39. The first-order valence-corrected chi connectivity index (χ1v) is 8.66. The summed E-state index contributed by atoms with van der Waals surface area (Å²) in [7, 11) is 3.28. The number of amides is 1. The van der Waals surface area contributed by atoms with Gasteiger partial charge >= 0.3 is 0 Å². The van der Waals surface area contributed by atoms with Crippen LogP contribution in [-0.2, 0) is 17.8 Å². The molecule has 0 bridgehead atoms. The maximum atomic E-state index is 12.4. The number of nitrogens with zero attached hydrogens (tertiary/aromatic N) is 1. The molecule has 1 fully saturated rings. The molecule has 0 unspecified atom stereocenters. The third kappa shape index (κ3) is 3.95. The van der Waals surface area contributed by atoms with Crippen LogP contribution in [0.4, 0.5) is 0 Å². The molecule has 0 aliphatic carbocycles. The van der Waals surface area contributed by atoms with E-state index in [1.165, 1.54) is 11.1 Å². The van der Waals surface area contributed by atoms with Crippen molar-refractivity contribution in [3.8, 4) is 11.5 Å². The number of carbonyl (C=O) groups is 1. The van der Waals surface area contributed by atoms with Gasteiger partial charge in [-0.1, -0.05) is 35.9 Å². The summed E-state index contributed by atoms with van der Waals surface area (Å²) in [6, 6.07) is 14.6. The summed E-state index contributed by atoms with van der Waals surface area (Å²) in [5, 5.41) is 0. The summed E-state index contributed by atoms with van der Waals surface area (Å²) < 4.78 is 10.7. The molecule has 4 heteroatoms. The minimum Gasteiger partial charge on any atom is -0.493 e. The number of hydrogen-bond donors (Lipinski definition) is 0. The maximum absolute atomic E-state index is 12.4. The molecule has 1 saturated heterocycles. The average molecular weight is 339 g/mol. The number of methoxy groups -OCH3 is 2. The van der Waals surface area contributed by atoms with E-state index in [2.05, 4.69) is 31.2 Å². The number of rotatable bonds is 6. The predicted octanol–water partition coefficient (Wildman–Crippen LogP) is 3.75. The highest BCUT2D eigenvalue weighted by molar-refractivity contribution is 5.78. The van der Waals surface area contributed by atoms with Crippen LogP contribution in [0.1, 0.15) is 29.5 Å². The molecule has 2 aromatic carbocycles. The fourth-order valence-corrected chi connectivity index (χ4v) is 3.39. The summed E-state index contributed by atoms with van der Waals surface area (Å²) >= 11 is 0. The molecule has 1 aliphatic rings. The van der Waals surface area contributed by atoms with Gasteiger partial charge in [0.25, 0.3) is 0 Å². The number of carbonyl (C=O) groups excluding carboxylic acids is 1. The molecule has 2 aromatic rings. The molecule has 1 amide bonds. The summed E-state index contributed by atoms with van der Waals surface area (Å²) in [4.78, 5) is 14.4. The molecule has 0 spiro atoms. The normalized spacial score (nSPS) is 17.0. The second-order valence-electron chi connectivity index (χ2n) is 6.59. The van der Waals surface area contributed by atoms with E-state index in [9.17, 15) is 4.79 Å². The first-order valence-electron chi connectivity index (χ1n) is 8.66. The zero-order valence-electron chi connectivity index (χ0n) is 15.1. The van der Waals surface area contributed by atoms with E-state index < -0.39 is 0 Å². The molecule has 3 rings (SSSR count). The summed E-state index contributed by atoms with van der Waals surface area (Å²) in [6.07, 6.45) is 2.36. The lowest BCUT2D eigenvalue weighted by Crippen LogP contribution is -2.33. The van der Waals surface area contributed by atoms with Crippen LogP contribution >= 0.6 is 0 Å². The summed E-state index contributed by atoms with van der Waals surface area (Å²) in [5.41, 5.74) is 3.57. The van der Waals surface area contributed by atoms with Crippen molar-refractivity contribution in [2.24, 2.45) is 0 Å². The van der Waals surface area contributed by atoms with Gasteiger partial charge in [0.05, 0.1) is 14.2 Å². The molecule has 4 nitrogen and oxygen atoms in total. The molecule has 1 heterocycles. The number of hydrogen-bond acceptors (Lipinski definition) is 3. The summed E-state index contributed by atoms with van der Waals surface area (Å²) in [6.45, 7) is 2.75. The molecule has 132 valence electrons. The second kappa shape index (κ2) is 7.60. The molecule has 0 radical (unpaired) electrons. The topological polar surface area (TPSA) is 38.8 Å². The van der Waals surface area contributed by atoms with Crippen molar-refractivity contribution in [2.75, 3.05) is 14.2 Å². The van der Waals surface area contributed by atoms with E-state index >= 15 is 0 Å². The largest absolute Gasteiger partial charge is 0.493 e. The minimum atomic E-state index is 0.229. The van der Waals surface area contributed by atoms with Gasteiger partial charge in [-0.25, -0.2) is 0 Å². The van der Waals surface area contributed by atoms with Crippen LogP contribution in [0.15, 0.2) is 42.5 Å². The van der Waals surface area contributed by atoms with Gasteiger partial charge in [-0.05, 0) is 43.0 Å². The van der Waals surface area contributed by atoms with Gasteiger partial charge in [0.15, 0.2) is 11.5 Å². The van der Waals surface area contributed by atoms with Crippen LogP contribution in [0.25, 0.3) is 0 Å². The number of ether oxygens (including phenoxy) is 2. The van der Waals surface area contributed by atoms with Gasteiger partial charge in [-0.15, -0.1) is 0 Å². The zero-order valence-corrected chi connectivity index (χ0v) is 15.1. The molecule has 0 aromatic heterocycles. The minimum absolute atomic E-state index is 0.229. The quantitative estimate of drug-likeness (QED) is 0.805. The SMILES string of the molecule is COc1ccc(C[C@@H]2CCC(=O)N2Cc2ccc(C)cc2)cc1OC. The average Bonchev–Trinajstić information content (AvgIpc) is 2.96. The fraction of sp³-hybridized carbons (Fsp3) is 0.381. The van der Waals surface area contributed by atoms with Crippen molar-refractivity contribution >= 4 is 5.91 Å². The maximum Gasteiger partial charge on any atom is 0.223 e. The third-order valence-electron chi connectivity index (χ3n) is 4.85. The molecule has 0 N–H and O–H groups in total. The van der Waals surface area contributed by atoms with E-state index in [4.69, 9.17) is 9.47 Å². The molecule has 1 aliphatic heterocycles. The Balaban J connectivity index is 1.74.